The van der Waals surface area contributed by atoms with Gasteiger partial charge in [0.1, 0.15) is 5.75 Å². The first-order chi connectivity index (χ1) is 9.60. The van der Waals surface area contributed by atoms with E-state index >= 15 is 0 Å². The third-order valence-corrected chi connectivity index (χ3v) is 4.12. The van der Waals surface area contributed by atoms with Crippen LogP contribution in [0.1, 0.15) is 18.1 Å². The van der Waals surface area contributed by atoms with E-state index in [-0.39, 0.29) is 0 Å². The van der Waals surface area contributed by atoms with Gasteiger partial charge in [-0.3, -0.25) is 0 Å². The van der Waals surface area contributed by atoms with E-state index in [1.165, 1.54) is 11.1 Å². The predicted molar refractivity (Wildman–Crippen MR) is 91.5 cm³/mol. The summed E-state index contributed by atoms with van der Waals surface area (Å²) >= 11 is 7.19. The number of nitrogens with one attached hydrogen (secondary N) is 1. The molecule has 0 radical (unpaired) electrons. The van der Waals surface area contributed by atoms with Crippen LogP contribution in [0.3, 0.4) is 0 Å². The van der Waals surface area contributed by atoms with E-state index in [4.69, 9.17) is 4.74 Å². The van der Waals surface area contributed by atoms with Gasteiger partial charge < -0.3 is 10.1 Å². The molecule has 0 aliphatic carbocycles. The van der Waals surface area contributed by atoms with E-state index < -0.39 is 0 Å². The quantitative estimate of drug-likeness (QED) is 0.714. The molecule has 0 atom stereocenters. The highest BCUT2D eigenvalue weighted by atomic mass is 79.9. The van der Waals surface area contributed by atoms with Crippen LogP contribution in [0.2, 0.25) is 0 Å². The van der Waals surface area contributed by atoms with Crippen LogP contribution in [-0.4, -0.2) is 6.61 Å². The van der Waals surface area contributed by atoms with Gasteiger partial charge in [0, 0.05) is 15.5 Å². The number of benzene rings is 2. The van der Waals surface area contributed by atoms with Crippen molar-refractivity contribution in [3.05, 3.63) is 56.5 Å². The number of halogens is 2. The van der Waals surface area contributed by atoms with Crippen LogP contribution < -0.4 is 10.1 Å². The fraction of sp³-hybridized carbons (Fsp3) is 0.250. The third-order valence-electron chi connectivity index (χ3n) is 2.87. The molecule has 0 aliphatic rings. The second-order valence-electron chi connectivity index (χ2n) is 4.54. The Morgan fingerprint density at radius 3 is 2.45 bits per heavy atom. The first kappa shape index (κ1) is 15.4. The standard InChI is InChI=1S/C16H17Br2NO/c1-3-20-13-6-4-5-12(9-13)10-19-16-14(17)7-11(2)8-15(16)18/h4-9,19H,3,10H2,1-2H3. The number of aryl methyl sites for hydroxylation is 1. The molecule has 0 heterocycles. The van der Waals surface area contributed by atoms with Crippen molar-refractivity contribution in [1.82, 2.24) is 0 Å². The Morgan fingerprint density at radius 1 is 1.10 bits per heavy atom. The summed E-state index contributed by atoms with van der Waals surface area (Å²) in [5.74, 6) is 0.911. The van der Waals surface area contributed by atoms with Crippen molar-refractivity contribution in [3.63, 3.8) is 0 Å². The topological polar surface area (TPSA) is 21.3 Å². The van der Waals surface area contributed by atoms with Gasteiger partial charge in [-0.05, 0) is 81.1 Å². The highest BCUT2D eigenvalue weighted by Crippen LogP contribution is 2.32. The predicted octanol–water partition coefficient (Wildman–Crippen LogP) is 5.53. The minimum atomic E-state index is 0.686. The van der Waals surface area contributed by atoms with Crippen LogP contribution in [0.4, 0.5) is 5.69 Å². The summed E-state index contributed by atoms with van der Waals surface area (Å²) in [6.45, 7) is 5.50. The van der Waals surface area contributed by atoms with Gasteiger partial charge in [0.2, 0.25) is 0 Å². The average molecular weight is 399 g/mol. The van der Waals surface area contributed by atoms with Gasteiger partial charge in [-0.2, -0.15) is 0 Å². The van der Waals surface area contributed by atoms with Crippen molar-refractivity contribution in [1.29, 1.82) is 0 Å². The molecular weight excluding hydrogens is 382 g/mol. The van der Waals surface area contributed by atoms with E-state index in [0.717, 1.165) is 26.9 Å². The molecule has 0 spiro atoms. The van der Waals surface area contributed by atoms with Gasteiger partial charge in [-0.1, -0.05) is 12.1 Å². The summed E-state index contributed by atoms with van der Waals surface area (Å²) in [5, 5.41) is 3.44. The van der Waals surface area contributed by atoms with Gasteiger partial charge in [-0.15, -0.1) is 0 Å². The molecule has 1 N–H and O–H groups in total. The van der Waals surface area contributed by atoms with Crippen molar-refractivity contribution in [2.45, 2.75) is 20.4 Å². The highest BCUT2D eigenvalue weighted by Gasteiger charge is 2.06. The van der Waals surface area contributed by atoms with Crippen LogP contribution in [0.25, 0.3) is 0 Å². The maximum atomic E-state index is 5.52. The molecule has 2 aromatic carbocycles. The summed E-state index contributed by atoms with van der Waals surface area (Å²) in [6.07, 6.45) is 0. The van der Waals surface area contributed by atoms with Crippen LogP contribution in [0.5, 0.6) is 5.75 Å². The van der Waals surface area contributed by atoms with Crippen LogP contribution in [0, 0.1) is 6.92 Å². The molecule has 20 heavy (non-hydrogen) atoms. The molecule has 0 amide bonds. The van der Waals surface area contributed by atoms with Crippen LogP contribution in [-0.2, 0) is 6.54 Å². The molecule has 0 saturated carbocycles. The first-order valence-electron chi connectivity index (χ1n) is 6.51. The summed E-state index contributed by atoms with van der Waals surface area (Å²) in [5.41, 5.74) is 3.47. The Balaban J connectivity index is 2.11. The lowest BCUT2D eigenvalue weighted by molar-refractivity contribution is 0.340. The minimum absolute atomic E-state index is 0.686. The monoisotopic (exact) mass is 397 g/mol. The van der Waals surface area contributed by atoms with E-state index in [1.54, 1.807) is 0 Å². The lowest BCUT2D eigenvalue weighted by Crippen LogP contribution is -2.02. The maximum absolute atomic E-state index is 5.52. The SMILES string of the molecule is CCOc1cccc(CNc2c(Br)cc(C)cc2Br)c1. The molecule has 2 rings (SSSR count). The fourth-order valence-corrected chi connectivity index (χ4v) is 3.67. The summed E-state index contributed by atoms with van der Waals surface area (Å²) in [7, 11) is 0. The van der Waals surface area contributed by atoms with Crippen LogP contribution >= 0.6 is 31.9 Å². The summed E-state index contributed by atoms with van der Waals surface area (Å²) < 4.78 is 7.64. The molecule has 0 fully saturated rings. The fourth-order valence-electron chi connectivity index (χ4n) is 1.97. The number of rotatable bonds is 5. The Kier molecular flexibility index (Phi) is 5.49. The van der Waals surface area contributed by atoms with E-state index in [0.29, 0.717) is 6.61 Å². The lowest BCUT2D eigenvalue weighted by Gasteiger charge is -2.12. The van der Waals surface area contributed by atoms with Crippen molar-refractivity contribution in [2.24, 2.45) is 0 Å². The van der Waals surface area contributed by atoms with E-state index in [1.807, 2.05) is 19.1 Å². The second-order valence-corrected chi connectivity index (χ2v) is 6.25. The van der Waals surface area contributed by atoms with E-state index in [9.17, 15) is 0 Å². The highest BCUT2D eigenvalue weighted by molar-refractivity contribution is 9.11. The molecule has 0 aromatic heterocycles. The molecule has 0 saturated heterocycles. The van der Waals surface area contributed by atoms with Crippen molar-refractivity contribution >= 4 is 37.5 Å². The normalized spacial score (nSPS) is 10.4. The Morgan fingerprint density at radius 2 is 1.80 bits per heavy atom. The van der Waals surface area contributed by atoms with Crippen molar-refractivity contribution in [2.75, 3.05) is 11.9 Å². The average Bonchev–Trinajstić information content (AvgIpc) is 2.38. The van der Waals surface area contributed by atoms with Gasteiger partial charge >= 0.3 is 0 Å². The smallest absolute Gasteiger partial charge is 0.119 e. The Hall–Kier alpha value is -1.00. The molecule has 0 unspecified atom stereocenters. The maximum Gasteiger partial charge on any atom is 0.119 e. The lowest BCUT2D eigenvalue weighted by atomic mass is 10.2. The van der Waals surface area contributed by atoms with Gasteiger partial charge in [0.25, 0.3) is 0 Å². The molecule has 2 aromatic rings. The van der Waals surface area contributed by atoms with Crippen molar-refractivity contribution in [3.8, 4) is 5.75 Å². The molecular formula is C16H17Br2NO. The second kappa shape index (κ2) is 7.14. The summed E-state index contributed by atoms with van der Waals surface area (Å²) in [6, 6.07) is 12.3. The zero-order valence-electron chi connectivity index (χ0n) is 11.5. The molecule has 0 bridgehead atoms. The first-order valence-corrected chi connectivity index (χ1v) is 8.10. The zero-order valence-corrected chi connectivity index (χ0v) is 14.7. The van der Waals surface area contributed by atoms with Crippen LogP contribution in [0.15, 0.2) is 45.3 Å². The van der Waals surface area contributed by atoms with Gasteiger partial charge in [0.15, 0.2) is 0 Å². The van der Waals surface area contributed by atoms with Crippen molar-refractivity contribution < 1.29 is 4.74 Å². The molecule has 106 valence electrons. The molecule has 2 nitrogen and oxygen atoms in total. The third kappa shape index (κ3) is 4.00. The summed E-state index contributed by atoms with van der Waals surface area (Å²) in [4.78, 5) is 0. The zero-order chi connectivity index (χ0) is 14.5. The molecule has 4 heteroatoms. The number of hydrogen-bond acceptors (Lipinski definition) is 2. The number of anilines is 1. The van der Waals surface area contributed by atoms with Gasteiger partial charge in [-0.25, -0.2) is 0 Å². The van der Waals surface area contributed by atoms with E-state index in [2.05, 4.69) is 68.4 Å². The Bertz CT molecular complexity index is 576. The molecule has 0 aliphatic heterocycles. The number of hydrogen-bond donors (Lipinski definition) is 1. The minimum Gasteiger partial charge on any atom is -0.494 e. The largest absolute Gasteiger partial charge is 0.494 e. The number of ether oxygens (including phenoxy) is 1. The van der Waals surface area contributed by atoms with Gasteiger partial charge in [0.05, 0.1) is 12.3 Å². The Labute approximate surface area is 136 Å².